The summed E-state index contributed by atoms with van der Waals surface area (Å²) in [5.74, 6) is -0.658. The van der Waals surface area contributed by atoms with Crippen molar-refractivity contribution < 1.29 is 9.59 Å². The molecule has 0 unspecified atom stereocenters. The van der Waals surface area contributed by atoms with Crippen molar-refractivity contribution in [2.24, 2.45) is 23.0 Å². The fourth-order valence-electron chi connectivity index (χ4n) is 1.93. The minimum atomic E-state index is -0.352. The summed E-state index contributed by atoms with van der Waals surface area (Å²) in [6, 6.07) is 0. The number of nitrogens with two attached hydrogens (primary N) is 1. The highest BCUT2D eigenvalue weighted by Crippen LogP contribution is 2.58. The van der Waals surface area contributed by atoms with Gasteiger partial charge < -0.3 is 5.73 Å². The van der Waals surface area contributed by atoms with E-state index < -0.39 is 0 Å². The van der Waals surface area contributed by atoms with E-state index in [1.807, 2.05) is 13.8 Å². The summed E-state index contributed by atoms with van der Waals surface area (Å²) in [6.07, 6.45) is 0. The highest BCUT2D eigenvalue weighted by molar-refractivity contribution is 5.93. The molecule has 0 radical (unpaired) electrons. The standard InChI is InChI=1S/C8H13NO2/c1-4(10)5-6(7(9)11)8(5,2)3/h5-6H,1-3H3,(H2,9,11)/t5-,6+/m0/s1. The second-order valence-electron chi connectivity index (χ2n) is 3.79. The smallest absolute Gasteiger partial charge is 0.221 e. The molecule has 1 fully saturated rings. The second-order valence-corrected chi connectivity index (χ2v) is 3.79. The first-order chi connectivity index (χ1) is 4.89. The van der Waals surface area contributed by atoms with Gasteiger partial charge in [-0.15, -0.1) is 0 Å². The van der Waals surface area contributed by atoms with Gasteiger partial charge in [0, 0.05) is 5.92 Å². The van der Waals surface area contributed by atoms with Crippen LogP contribution in [0.3, 0.4) is 0 Å². The molecule has 0 aromatic carbocycles. The maximum atomic E-state index is 10.9. The fraction of sp³-hybridized carbons (Fsp3) is 0.750. The molecule has 2 atom stereocenters. The van der Waals surface area contributed by atoms with Crippen molar-refractivity contribution in [2.75, 3.05) is 0 Å². The normalized spacial score (nSPS) is 33.0. The summed E-state index contributed by atoms with van der Waals surface area (Å²) >= 11 is 0. The Kier molecular flexibility index (Phi) is 1.54. The van der Waals surface area contributed by atoms with Gasteiger partial charge in [0.05, 0.1) is 5.92 Å². The lowest BCUT2D eigenvalue weighted by Gasteiger charge is -1.96. The van der Waals surface area contributed by atoms with Crippen LogP contribution in [0.2, 0.25) is 0 Å². The van der Waals surface area contributed by atoms with Crippen LogP contribution in [0.15, 0.2) is 0 Å². The van der Waals surface area contributed by atoms with Crippen molar-refractivity contribution in [3.8, 4) is 0 Å². The molecule has 11 heavy (non-hydrogen) atoms. The molecule has 0 spiro atoms. The van der Waals surface area contributed by atoms with E-state index in [4.69, 9.17) is 5.73 Å². The Hall–Kier alpha value is -0.860. The molecule has 1 rings (SSSR count). The molecule has 62 valence electrons. The summed E-state index contributed by atoms with van der Waals surface area (Å²) in [7, 11) is 0. The summed E-state index contributed by atoms with van der Waals surface area (Å²) < 4.78 is 0. The lowest BCUT2D eigenvalue weighted by atomic mass is 10.1. The number of carbonyl (C=O) groups is 2. The SMILES string of the molecule is CC(=O)[C@H]1[C@H](C(N)=O)C1(C)C. The number of primary amides is 1. The van der Waals surface area contributed by atoms with Gasteiger partial charge in [0.25, 0.3) is 0 Å². The lowest BCUT2D eigenvalue weighted by Crippen LogP contribution is -2.16. The Balaban J connectivity index is 2.76. The molecule has 1 amide bonds. The highest BCUT2D eigenvalue weighted by Gasteiger charge is 2.63. The minimum Gasteiger partial charge on any atom is -0.369 e. The monoisotopic (exact) mass is 155 g/mol. The van der Waals surface area contributed by atoms with Crippen LogP contribution in [-0.2, 0) is 9.59 Å². The number of amides is 1. The Morgan fingerprint density at radius 2 is 1.73 bits per heavy atom. The van der Waals surface area contributed by atoms with Crippen molar-refractivity contribution in [3.63, 3.8) is 0 Å². The molecule has 0 bridgehead atoms. The van der Waals surface area contributed by atoms with Crippen LogP contribution in [0.25, 0.3) is 0 Å². The summed E-state index contributed by atoms with van der Waals surface area (Å²) in [4.78, 5) is 21.7. The van der Waals surface area contributed by atoms with E-state index in [1.54, 1.807) is 0 Å². The van der Waals surface area contributed by atoms with E-state index in [2.05, 4.69) is 0 Å². The van der Waals surface area contributed by atoms with Crippen LogP contribution in [-0.4, -0.2) is 11.7 Å². The van der Waals surface area contributed by atoms with E-state index in [0.717, 1.165) is 0 Å². The van der Waals surface area contributed by atoms with Crippen molar-refractivity contribution >= 4 is 11.7 Å². The van der Waals surface area contributed by atoms with Crippen LogP contribution in [0, 0.1) is 17.3 Å². The number of hydrogen-bond donors (Lipinski definition) is 1. The molecule has 3 heteroatoms. The quantitative estimate of drug-likeness (QED) is 0.624. The van der Waals surface area contributed by atoms with Gasteiger partial charge in [0.2, 0.25) is 5.91 Å². The zero-order valence-electron chi connectivity index (χ0n) is 7.05. The molecule has 0 heterocycles. The van der Waals surface area contributed by atoms with E-state index in [0.29, 0.717) is 0 Å². The number of carbonyl (C=O) groups excluding carboxylic acids is 2. The molecule has 3 nitrogen and oxygen atoms in total. The highest BCUT2D eigenvalue weighted by atomic mass is 16.2. The third-order valence-corrected chi connectivity index (χ3v) is 2.57. The van der Waals surface area contributed by atoms with Gasteiger partial charge in [0.15, 0.2) is 0 Å². The first-order valence-electron chi connectivity index (χ1n) is 3.68. The van der Waals surface area contributed by atoms with Crippen molar-refractivity contribution in [3.05, 3.63) is 0 Å². The topological polar surface area (TPSA) is 60.2 Å². The maximum absolute atomic E-state index is 10.9. The average molecular weight is 155 g/mol. The average Bonchev–Trinajstić information content (AvgIpc) is 2.33. The zero-order chi connectivity index (χ0) is 8.81. The predicted molar refractivity (Wildman–Crippen MR) is 40.6 cm³/mol. The summed E-state index contributed by atoms with van der Waals surface area (Å²) in [5, 5.41) is 0. The van der Waals surface area contributed by atoms with Crippen molar-refractivity contribution in [2.45, 2.75) is 20.8 Å². The number of hydrogen-bond acceptors (Lipinski definition) is 2. The molecule has 1 saturated carbocycles. The Bertz CT molecular complexity index is 198. The molecule has 0 aliphatic heterocycles. The maximum Gasteiger partial charge on any atom is 0.221 e. The van der Waals surface area contributed by atoms with Gasteiger partial charge in [-0.3, -0.25) is 9.59 Å². The molecular formula is C8H13NO2. The molecule has 2 N–H and O–H groups in total. The third-order valence-electron chi connectivity index (χ3n) is 2.57. The van der Waals surface area contributed by atoms with Gasteiger partial charge in [-0.25, -0.2) is 0 Å². The molecule has 1 aliphatic carbocycles. The second kappa shape index (κ2) is 2.06. The largest absolute Gasteiger partial charge is 0.369 e. The summed E-state index contributed by atoms with van der Waals surface area (Å²) in [5.41, 5.74) is 4.91. The number of Topliss-reactive ketones (excluding diaryl/α,β-unsaturated/α-hetero) is 1. The lowest BCUT2D eigenvalue weighted by molar-refractivity contribution is -0.123. The van der Waals surface area contributed by atoms with Gasteiger partial charge in [-0.05, 0) is 12.3 Å². The Labute approximate surface area is 66.0 Å². The van der Waals surface area contributed by atoms with Crippen molar-refractivity contribution in [1.82, 2.24) is 0 Å². The van der Waals surface area contributed by atoms with E-state index in [9.17, 15) is 9.59 Å². The van der Waals surface area contributed by atoms with Crippen LogP contribution in [0.4, 0.5) is 0 Å². The van der Waals surface area contributed by atoms with Gasteiger partial charge in [-0.1, -0.05) is 13.8 Å². The van der Waals surface area contributed by atoms with Crippen LogP contribution in [0.1, 0.15) is 20.8 Å². The minimum absolute atomic E-state index is 0.0683. The Morgan fingerprint density at radius 1 is 1.27 bits per heavy atom. The van der Waals surface area contributed by atoms with Gasteiger partial charge in [-0.2, -0.15) is 0 Å². The van der Waals surface area contributed by atoms with E-state index >= 15 is 0 Å². The van der Waals surface area contributed by atoms with E-state index in [-0.39, 0.29) is 28.9 Å². The fourth-order valence-corrected chi connectivity index (χ4v) is 1.93. The molecule has 0 aromatic rings. The van der Waals surface area contributed by atoms with Crippen LogP contribution in [0.5, 0.6) is 0 Å². The number of rotatable bonds is 2. The Morgan fingerprint density at radius 3 is 1.82 bits per heavy atom. The molecule has 0 saturated heterocycles. The summed E-state index contributed by atoms with van der Waals surface area (Å²) in [6.45, 7) is 5.30. The van der Waals surface area contributed by atoms with E-state index in [1.165, 1.54) is 6.92 Å². The molecular weight excluding hydrogens is 142 g/mol. The van der Waals surface area contributed by atoms with Crippen LogP contribution >= 0.6 is 0 Å². The van der Waals surface area contributed by atoms with Crippen LogP contribution < -0.4 is 5.73 Å². The first kappa shape index (κ1) is 8.24. The molecule has 1 aliphatic rings. The van der Waals surface area contributed by atoms with Crippen molar-refractivity contribution in [1.29, 1.82) is 0 Å². The third kappa shape index (κ3) is 1.04. The van der Waals surface area contributed by atoms with Gasteiger partial charge >= 0.3 is 0 Å². The zero-order valence-corrected chi connectivity index (χ0v) is 7.05. The predicted octanol–water partition coefficient (Wildman–Crippen LogP) is 0.333. The molecule has 0 aromatic heterocycles. The van der Waals surface area contributed by atoms with Gasteiger partial charge in [0.1, 0.15) is 5.78 Å². The first-order valence-corrected chi connectivity index (χ1v) is 3.68. The number of ketones is 1.